The summed E-state index contributed by atoms with van der Waals surface area (Å²) in [5.41, 5.74) is 5.06. The summed E-state index contributed by atoms with van der Waals surface area (Å²) >= 11 is 0. The first-order chi connectivity index (χ1) is 33.0. The number of aliphatic hydroxyl groups excluding tert-OH is 1. The number of hydrogen-bond donors (Lipinski definition) is 3. The van der Waals surface area contributed by atoms with Gasteiger partial charge in [-0.1, -0.05) is 104 Å². The van der Waals surface area contributed by atoms with E-state index in [1.54, 1.807) is 6.92 Å². The number of aliphatic hydroxyl groups is 1. The third-order valence-electron chi connectivity index (χ3n) is 18.0. The zero-order chi connectivity index (χ0) is 47.2. The van der Waals surface area contributed by atoms with Gasteiger partial charge in [0.2, 0.25) is 0 Å². The fraction of sp³-hybridized carbons (Fsp3) is 0.623. The van der Waals surface area contributed by atoms with E-state index in [0.29, 0.717) is 80.0 Å². The molecule has 4 fully saturated rings. The van der Waals surface area contributed by atoms with Crippen LogP contribution >= 0.6 is 0 Å². The van der Waals surface area contributed by atoms with Crippen LogP contribution in [0.3, 0.4) is 0 Å². The number of hydrogen-bond acceptors (Lipinski definition) is 6. The molecule has 1 aromatic carbocycles. The van der Waals surface area contributed by atoms with Gasteiger partial charge in [0.1, 0.15) is 24.4 Å². The van der Waals surface area contributed by atoms with Gasteiger partial charge in [-0.3, -0.25) is 19.7 Å². The number of ether oxygens (including phenoxy) is 1. The van der Waals surface area contributed by atoms with Gasteiger partial charge in [-0.2, -0.15) is 0 Å². The molecule has 0 aromatic heterocycles. The summed E-state index contributed by atoms with van der Waals surface area (Å²) in [5.74, 6) is 4.51. The SMILES string of the molecule is CC(O)NC1CC2C=CC(=CC2)C2CC(CC3=CCC(C=C3)CC(C(=O)O)CCCC(=O)C3(CCCC3)C1)C(C1CC1)C(/C=C/c1ccc(C3CC3C)cc1)C2CCC(=O)COC1=CCCC=C1. The van der Waals surface area contributed by atoms with Crippen molar-refractivity contribution in [2.75, 3.05) is 6.61 Å². The van der Waals surface area contributed by atoms with Crippen molar-refractivity contribution < 1.29 is 29.3 Å². The summed E-state index contributed by atoms with van der Waals surface area (Å²) in [7, 11) is 0. The van der Waals surface area contributed by atoms with Crippen LogP contribution in [-0.4, -0.2) is 46.6 Å². The Hall–Kier alpha value is -4.07. The van der Waals surface area contributed by atoms with E-state index >= 15 is 0 Å². The van der Waals surface area contributed by atoms with Gasteiger partial charge >= 0.3 is 5.97 Å². The van der Waals surface area contributed by atoms with Crippen molar-refractivity contribution in [1.82, 2.24) is 5.32 Å². The van der Waals surface area contributed by atoms with E-state index in [9.17, 15) is 24.6 Å². The van der Waals surface area contributed by atoms with E-state index in [0.717, 1.165) is 88.7 Å². The Morgan fingerprint density at radius 2 is 1.65 bits per heavy atom. The van der Waals surface area contributed by atoms with Crippen LogP contribution in [0, 0.1) is 64.6 Å². The minimum atomic E-state index is -0.750. The lowest BCUT2D eigenvalue weighted by molar-refractivity contribution is -0.143. The fourth-order valence-electron chi connectivity index (χ4n) is 14.1. The maximum Gasteiger partial charge on any atom is 0.306 e. The molecule has 6 bridgehead atoms. The third-order valence-corrected chi connectivity index (χ3v) is 18.0. The third kappa shape index (κ3) is 12.4. The Morgan fingerprint density at radius 3 is 2.31 bits per heavy atom. The number of carbonyl (C=O) groups excluding carboxylic acids is 2. The van der Waals surface area contributed by atoms with Crippen LogP contribution in [0.25, 0.3) is 6.08 Å². The highest BCUT2D eigenvalue weighted by Gasteiger charge is 2.50. The second-order valence-corrected chi connectivity index (χ2v) is 23.0. The molecule has 11 rings (SSSR count). The predicted octanol–water partition coefficient (Wildman–Crippen LogP) is 13.2. The highest BCUT2D eigenvalue weighted by molar-refractivity contribution is 5.85. The van der Waals surface area contributed by atoms with E-state index in [-0.39, 0.29) is 36.1 Å². The molecular weight excluding hydrogens is 843 g/mol. The fourth-order valence-corrected chi connectivity index (χ4v) is 14.1. The molecule has 0 radical (unpaired) electrons. The number of nitrogens with one attached hydrogen (secondary N) is 1. The van der Waals surface area contributed by atoms with Crippen molar-refractivity contribution in [3.8, 4) is 0 Å². The molecule has 12 atom stereocenters. The monoisotopic (exact) mass is 924 g/mol. The van der Waals surface area contributed by atoms with E-state index in [2.05, 4.69) is 97.3 Å². The Morgan fingerprint density at radius 1 is 0.882 bits per heavy atom. The van der Waals surface area contributed by atoms with E-state index in [4.69, 9.17) is 4.74 Å². The molecule has 0 saturated heterocycles. The average molecular weight is 924 g/mol. The summed E-state index contributed by atoms with van der Waals surface area (Å²) in [4.78, 5) is 40.8. The summed E-state index contributed by atoms with van der Waals surface area (Å²) in [6.07, 6.45) is 43.4. The molecule has 10 aliphatic rings. The molecule has 7 heteroatoms. The molecule has 3 N–H and O–H groups in total. The van der Waals surface area contributed by atoms with Crippen molar-refractivity contribution >= 4 is 23.6 Å². The van der Waals surface area contributed by atoms with Gasteiger partial charge in [0.15, 0.2) is 5.78 Å². The average Bonchev–Trinajstić information content (AvgIpc) is 4.27. The van der Waals surface area contributed by atoms with Crippen molar-refractivity contribution in [2.45, 2.75) is 167 Å². The Bertz CT molecular complexity index is 2160. The molecule has 0 heterocycles. The van der Waals surface area contributed by atoms with Crippen LogP contribution < -0.4 is 5.32 Å². The zero-order valence-corrected chi connectivity index (χ0v) is 41.2. The van der Waals surface area contributed by atoms with Crippen molar-refractivity contribution in [1.29, 1.82) is 0 Å². The number of rotatable bonds is 13. The highest BCUT2D eigenvalue weighted by Crippen LogP contribution is 2.58. The van der Waals surface area contributed by atoms with Gasteiger partial charge in [-0.05, 0) is 204 Å². The van der Waals surface area contributed by atoms with Crippen LogP contribution in [-0.2, 0) is 19.1 Å². The number of carboxylic acids is 1. The van der Waals surface area contributed by atoms with Gasteiger partial charge in [0.25, 0.3) is 0 Å². The Balaban J connectivity index is 1.04. The normalized spacial score (nSPS) is 34.5. The summed E-state index contributed by atoms with van der Waals surface area (Å²) in [6, 6.07) is 9.29. The predicted molar refractivity (Wildman–Crippen MR) is 272 cm³/mol. The number of fused-ring (bicyclic) bond motifs is 1. The van der Waals surface area contributed by atoms with Crippen LogP contribution in [0.5, 0.6) is 0 Å². The number of allylic oxidation sites excluding steroid dienone is 12. The van der Waals surface area contributed by atoms with Gasteiger partial charge in [-0.25, -0.2) is 0 Å². The van der Waals surface area contributed by atoms with Gasteiger partial charge < -0.3 is 14.9 Å². The maximum atomic E-state index is 14.3. The lowest BCUT2D eigenvalue weighted by atomic mass is 9.56. The van der Waals surface area contributed by atoms with Crippen LogP contribution in [0.1, 0.15) is 166 Å². The van der Waals surface area contributed by atoms with Crippen molar-refractivity contribution in [3.63, 3.8) is 0 Å². The quantitative estimate of drug-likeness (QED) is 0.169. The molecule has 1 aromatic rings. The van der Waals surface area contributed by atoms with Gasteiger partial charge in [0.05, 0.1) is 5.92 Å². The highest BCUT2D eigenvalue weighted by atomic mass is 16.5. The Labute approximate surface area is 407 Å². The number of benzene rings is 1. The van der Waals surface area contributed by atoms with Crippen LogP contribution in [0.2, 0.25) is 0 Å². The first kappa shape index (κ1) is 48.9. The molecule has 366 valence electrons. The van der Waals surface area contributed by atoms with Crippen LogP contribution in [0.15, 0.2) is 102 Å². The van der Waals surface area contributed by atoms with Gasteiger partial charge in [0, 0.05) is 24.3 Å². The number of carbonyl (C=O) groups is 3. The van der Waals surface area contributed by atoms with E-state index in [1.165, 1.54) is 41.5 Å². The van der Waals surface area contributed by atoms with E-state index < -0.39 is 23.5 Å². The van der Waals surface area contributed by atoms with Crippen molar-refractivity contribution in [3.05, 3.63) is 113 Å². The van der Waals surface area contributed by atoms with Crippen LogP contribution in [0.4, 0.5) is 0 Å². The molecule has 4 saturated carbocycles. The maximum absolute atomic E-state index is 14.3. The molecule has 0 amide bonds. The molecule has 68 heavy (non-hydrogen) atoms. The summed E-state index contributed by atoms with van der Waals surface area (Å²) < 4.78 is 6.05. The molecule has 1 spiro atoms. The lowest BCUT2D eigenvalue weighted by Crippen LogP contribution is -2.43. The minimum absolute atomic E-state index is 0.0163. The lowest BCUT2D eigenvalue weighted by Gasteiger charge is -2.48. The Kier molecular flexibility index (Phi) is 16.1. The van der Waals surface area contributed by atoms with E-state index in [1.807, 2.05) is 6.08 Å². The number of Topliss-reactive ketones (excluding diaryl/α,β-unsaturated/α-hetero) is 2. The zero-order valence-electron chi connectivity index (χ0n) is 41.2. The molecular formula is C61H81NO6. The second-order valence-electron chi connectivity index (χ2n) is 23.0. The summed E-state index contributed by atoms with van der Waals surface area (Å²) in [5, 5.41) is 24.6. The molecule has 10 aliphatic carbocycles. The number of aliphatic carboxylic acids is 1. The number of carboxylic acid groups (broad SMARTS) is 1. The second kappa shape index (κ2) is 22.3. The summed E-state index contributed by atoms with van der Waals surface area (Å²) in [6.45, 7) is 4.25. The first-order valence-electron chi connectivity index (χ1n) is 27.3. The van der Waals surface area contributed by atoms with Gasteiger partial charge in [-0.15, -0.1) is 0 Å². The standard InChI is InChI=1S/C61H81NO6/c1-40-33-56(40)46-22-17-42(18-23-46)21-29-55-54(30-28-52(64)39-68-53-10-4-3-5-11-53)57-37-50(59(55)48-26-27-48)35-44-15-13-43(14-16-44)34-49(60(66)67)9-8-12-58(65)61(31-6-7-32-61)38-51(62-41(2)63)36-45-19-24-47(57)25-20-45/h4,10-11,13,15-19,21-25,29,40-41,43,45,48-51,54-57,59,62-63H,3,5-9,12,14,20,26-28,30-39H2,1-2H3,(H,66,67)/b29-21+. The minimum Gasteiger partial charge on any atom is -0.486 e. The topological polar surface area (TPSA) is 113 Å². The molecule has 7 nitrogen and oxygen atoms in total. The largest absolute Gasteiger partial charge is 0.486 e. The number of ketones is 2. The smallest absolute Gasteiger partial charge is 0.306 e. The molecule has 12 unspecified atom stereocenters. The van der Waals surface area contributed by atoms with Crippen molar-refractivity contribution in [2.24, 2.45) is 64.6 Å². The first-order valence-corrected chi connectivity index (χ1v) is 27.3. The molecule has 0 aliphatic heterocycles.